The summed E-state index contributed by atoms with van der Waals surface area (Å²) in [6.07, 6.45) is -0.662. The van der Waals surface area contributed by atoms with Gasteiger partial charge < -0.3 is 20.8 Å². The van der Waals surface area contributed by atoms with Crippen LogP contribution >= 0.6 is 0 Å². The van der Waals surface area contributed by atoms with Crippen LogP contribution in [0.15, 0.2) is 30.3 Å². The minimum absolute atomic E-state index is 0.264. The first kappa shape index (κ1) is 18.0. The number of unbranched alkanes of at least 4 members (excludes halogenated alkanes) is 1. The standard InChI is InChI=1S/C16H24N2O4/c1-3-4-10-13(18-16(21)22)14(19)15(20)17-11(2)12-8-6-5-7-9-12/h5-9,11,13-14,18-19H,3-4,10H2,1-2H3,(H,17,20)(H,21,22)/t11-,13-,14?/m1/s1. The number of carbonyl (C=O) groups excluding carboxylic acids is 1. The van der Waals surface area contributed by atoms with Crippen molar-refractivity contribution in [1.29, 1.82) is 0 Å². The molecule has 0 aliphatic rings. The lowest BCUT2D eigenvalue weighted by atomic mass is 10.0. The number of rotatable bonds is 8. The van der Waals surface area contributed by atoms with E-state index in [2.05, 4.69) is 10.6 Å². The molecule has 1 aromatic carbocycles. The van der Waals surface area contributed by atoms with Gasteiger partial charge in [-0.25, -0.2) is 4.79 Å². The maximum Gasteiger partial charge on any atom is 0.404 e. The van der Waals surface area contributed by atoms with Crippen LogP contribution in [0.5, 0.6) is 0 Å². The average Bonchev–Trinajstić information content (AvgIpc) is 2.51. The minimum atomic E-state index is -1.41. The molecule has 0 radical (unpaired) electrons. The van der Waals surface area contributed by atoms with Crippen LogP contribution < -0.4 is 10.6 Å². The molecule has 1 rings (SSSR count). The summed E-state index contributed by atoms with van der Waals surface area (Å²) in [4.78, 5) is 22.9. The Morgan fingerprint density at radius 3 is 2.36 bits per heavy atom. The van der Waals surface area contributed by atoms with Gasteiger partial charge in [-0.05, 0) is 18.9 Å². The van der Waals surface area contributed by atoms with Gasteiger partial charge in [0.2, 0.25) is 0 Å². The van der Waals surface area contributed by atoms with Crippen molar-refractivity contribution >= 4 is 12.0 Å². The van der Waals surface area contributed by atoms with Crippen molar-refractivity contribution in [2.24, 2.45) is 0 Å². The lowest BCUT2D eigenvalue weighted by molar-refractivity contribution is -0.131. The van der Waals surface area contributed by atoms with Gasteiger partial charge in [-0.3, -0.25) is 4.79 Å². The Labute approximate surface area is 130 Å². The summed E-state index contributed by atoms with van der Waals surface area (Å²) in [5.41, 5.74) is 0.916. The molecule has 0 bridgehead atoms. The van der Waals surface area contributed by atoms with Crippen LogP contribution in [0.2, 0.25) is 0 Å². The third-order valence-corrected chi connectivity index (χ3v) is 3.49. The fourth-order valence-electron chi connectivity index (χ4n) is 2.20. The van der Waals surface area contributed by atoms with E-state index >= 15 is 0 Å². The molecule has 1 aromatic rings. The second-order valence-corrected chi connectivity index (χ2v) is 5.28. The van der Waals surface area contributed by atoms with Crippen molar-refractivity contribution in [3.63, 3.8) is 0 Å². The van der Waals surface area contributed by atoms with Crippen LogP contribution in [0.1, 0.15) is 44.7 Å². The summed E-state index contributed by atoms with van der Waals surface area (Å²) >= 11 is 0. The minimum Gasteiger partial charge on any atom is -0.465 e. The average molecular weight is 308 g/mol. The molecule has 0 aliphatic heterocycles. The molecular formula is C16H24N2O4. The van der Waals surface area contributed by atoms with Crippen molar-refractivity contribution in [3.8, 4) is 0 Å². The van der Waals surface area contributed by atoms with E-state index in [1.165, 1.54) is 0 Å². The van der Waals surface area contributed by atoms with E-state index in [9.17, 15) is 14.7 Å². The van der Waals surface area contributed by atoms with Crippen LogP contribution in [-0.4, -0.2) is 34.4 Å². The molecule has 0 heterocycles. The zero-order valence-corrected chi connectivity index (χ0v) is 13.0. The Kier molecular flexibility index (Phi) is 7.39. The normalized spacial score (nSPS) is 14.7. The topological polar surface area (TPSA) is 98.7 Å². The SMILES string of the molecule is CCCC[C@@H](NC(=O)O)C(O)C(=O)N[C@H](C)c1ccccc1. The molecule has 0 saturated carbocycles. The van der Waals surface area contributed by atoms with E-state index in [1.54, 1.807) is 0 Å². The summed E-state index contributed by atoms with van der Waals surface area (Å²) in [5, 5.41) is 23.8. The van der Waals surface area contributed by atoms with Gasteiger partial charge in [0, 0.05) is 0 Å². The maximum atomic E-state index is 12.1. The summed E-state index contributed by atoms with van der Waals surface area (Å²) in [6.45, 7) is 3.77. The van der Waals surface area contributed by atoms with E-state index in [0.717, 1.165) is 18.4 Å². The molecule has 122 valence electrons. The fourth-order valence-corrected chi connectivity index (χ4v) is 2.20. The first-order valence-electron chi connectivity index (χ1n) is 7.48. The number of benzene rings is 1. The van der Waals surface area contributed by atoms with Gasteiger partial charge in [0.15, 0.2) is 6.10 Å². The number of amides is 2. The molecule has 1 unspecified atom stereocenters. The Morgan fingerprint density at radius 2 is 1.82 bits per heavy atom. The summed E-state index contributed by atoms with van der Waals surface area (Å²) in [5.74, 6) is -0.578. The Bertz CT molecular complexity index is 478. The van der Waals surface area contributed by atoms with Gasteiger partial charge >= 0.3 is 6.09 Å². The zero-order chi connectivity index (χ0) is 16.5. The highest BCUT2D eigenvalue weighted by molar-refractivity contribution is 5.82. The van der Waals surface area contributed by atoms with Crippen molar-refractivity contribution in [2.75, 3.05) is 0 Å². The molecule has 0 spiro atoms. The molecule has 22 heavy (non-hydrogen) atoms. The van der Waals surface area contributed by atoms with Crippen LogP contribution in [0.3, 0.4) is 0 Å². The first-order valence-corrected chi connectivity index (χ1v) is 7.48. The highest BCUT2D eigenvalue weighted by atomic mass is 16.4. The van der Waals surface area contributed by atoms with Gasteiger partial charge in [0.25, 0.3) is 5.91 Å². The molecule has 6 nitrogen and oxygen atoms in total. The molecular weight excluding hydrogens is 284 g/mol. The predicted molar refractivity (Wildman–Crippen MR) is 83.5 cm³/mol. The second kappa shape index (κ2) is 9.04. The van der Waals surface area contributed by atoms with Crippen molar-refractivity contribution in [3.05, 3.63) is 35.9 Å². The smallest absolute Gasteiger partial charge is 0.404 e. The molecule has 4 N–H and O–H groups in total. The van der Waals surface area contributed by atoms with E-state index in [-0.39, 0.29) is 6.04 Å². The van der Waals surface area contributed by atoms with Crippen LogP contribution in [0, 0.1) is 0 Å². The van der Waals surface area contributed by atoms with Gasteiger partial charge in [0.05, 0.1) is 12.1 Å². The summed E-state index contributed by atoms with van der Waals surface area (Å²) in [6, 6.07) is 8.29. The van der Waals surface area contributed by atoms with Crippen molar-refractivity contribution < 1.29 is 19.8 Å². The van der Waals surface area contributed by atoms with E-state index in [1.807, 2.05) is 44.2 Å². The Morgan fingerprint density at radius 1 is 1.18 bits per heavy atom. The molecule has 3 atom stereocenters. The van der Waals surface area contributed by atoms with Gasteiger partial charge in [0.1, 0.15) is 0 Å². The maximum absolute atomic E-state index is 12.1. The number of carbonyl (C=O) groups is 2. The number of carboxylic acid groups (broad SMARTS) is 1. The highest BCUT2D eigenvalue weighted by Gasteiger charge is 2.28. The molecule has 0 fully saturated rings. The monoisotopic (exact) mass is 308 g/mol. The van der Waals surface area contributed by atoms with Gasteiger partial charge in [-0.2, -0.15) is 0 Å². The molecule has 0 aromatic heterocycles. The van der Waals surface area contributed by atoms with Gasteiger partial charge in [-0.15, -0.1) is 0 Å². The predicted octanol–water partition coefficient (Wildman–Crippen LogP) is 2.05. The van der Waals surface area contributed by atoms with E-state index in [0.29, 0.717) is 6.42 Å². The quantitative estimate of drug-likeness (QED) is 0.590. The van der Waals surface area contributed by atoms with E-state index in [4.69, 9.17) is 5.11 Å². The largest absolute Gasteiger partial charge is 0.465 e. The van der Waals surface area contributed by atoms with Crippen LogP contribution in [0.25, 0.3) is 0 Å². The molecule has 6 heteroatoms. The second-order valence-electron chi connectivity index (χ2n) is 5.28. The van der Waals surface area contributed by atoms with E-state index < -0.39 is 24.1 Å². The number of hydrogen-bond donors (Lipinski definition) is 4. The van der Waals surface area contributed by atoms with Crippen molar-refractivity contribution in [1.82, 2.24) is 10.6 Å². The molecule has 0 saturated heterocycles. The summed E-state index contributed by atoms with van der Waals surface area (Å²) in [7, 11) is 0. The summed E-state index contributed by atoms with van der Waals surface area (Å²) < 4.78 is 0. The first-order chi connectivity index (χ1) is 10.5. The van der Waals surface area contributed by atoms with Crippen LogP contribution in [0.4, 0.5) is 4.79 Å². The number of aliphatic hydroxyl groups excluding tert-OH is 1. The third-order valence-electron chi connectivity index (χ3n) is 3.49. The lowest BCUT2D eigenvalue weighted by Gasteiger charge is -2.24. The zero-order valence-electron chi connectivity index (χ0n) is 13.0. The van der Waals surface area contributed by atoms with Gasteiger partial charge in [-0.1, -0.05) is 50.1 Å². The van der Waals surface area contributed by atoms with Crippen molar-refractivity contribution in [2.45, 2.75) is 51.3 Å². The third kappa shape index (κ3) is 5.73. The molecule has 2 amide bonds. The molecule has 0 aliphatic carbocycles. The lowest BCUT2D eigenvalue weighted by Crippen LogP contribution is -2.50. The Hall–Kier alpha value is -2.08. The Balaban J connectivity index is 2.65. The highest BCUT2D eigenvalue weighted by Crippen LogP contribution is 2.12. The number of hydrogen-bond acceptors (Lipinski definition) is 3. The number of nitrogens with one attached hydrogen (secondary N) is 2. The number of aliphatic hydroxyl groups is 1. The fraction of sp³-hybridized carbons (Fsp3) is 0.500. The van der Waals surface area contributed by atoms with Crippen LogP contribution in [-0.2, 0) is 4.79 Å².